The fourth-order valence-electron chi connectivity index (χ4n) is 3.20. The number of fused-ring (bicyclic) bond motifs is 3. The molecule has 0 fully saturated rings. The van der Waals surface area contributed by atoms with Gasteiger partial charge in [0.1, 0.15) is 4.21 Å². The zero-order chi connectivity index (χ0) is 18.9. The summed E-state index contributed by atoms with van der Waals surface area (Å²) in [6.45, 7) is -0.00488. The predicted octanol–water partition coefficient (Wildman–Crippen LogP) is 3.73. The molecule has 3 aromatic rings. The number of benzene rings is 2. The molecule has 1 heterocycles. The first kappa shape index (κ1) is 17.9. The number of hydrogen-bond acceptors (Lipinski definition) is 5. The summed E-state index contributed by atoms with van der Waals surface area (Å²) in [7, 11) is -3.58. The lowest BCUT2D eigenvalue weighted by Crippen LogP contribution is -2.26. The lowest BCUT2D eigenvalue weighted by atomic mass is 10.1. The molecule has 1 aliphatic rings. The number of nitrogens with one attached hydrogen (secondary N) is 1. The van der Waals surface area contributed by atoms with E-state index in [-0.39, 0.29) is 17.2 Å². The predicted molar refractivity (Wildman–Crippen MR) is 104 cm³/mol. The topological polar surface area (TPSA) is 72.5 Å². The minimum Gasteiger partial charge on any atom is -0.452 e. The van der Waals surface area contributed by atoms with Gasteiger partial charge in [-0.25, -0.2) is 13.1 Å². The van der Waals surface area contributed by atoms with Gasteiger partial charge in [-0.1, -0.05) is 54.6 Å². The summed E-state index contributed by atoms with van der Waals surface area (Å²) in [6, 6.07) is 18.9. The first-order valence-corrected chi connectivity index (χ1v) is 10.8. The highest BCUT2D eigenvalue weighted by molar-refractivity contribution is 7.91. The van der Waals surface area contributed by atoms with Gasteiger partial charge in [0.15, 0.2) is 6.10 Å². The molecule has 4 rings (SSSR count). The van der Waals surface area contributed by atoms with Gasteiger partial charge in [0.05, 0.1) is 6.42 Å². The lowest BCUT2D eigenvalue weighted by Gasteiger charge is -2.15. The highest BCUT2D eigenvalue weighted by Gasteiger charge is 2.30. The third kappa shape index (κ3) is 3.53. The molecule has 2 aromatic carbocycles. The van der Waals surface area contributed by atoms with Crippen molar-refractivity contribution in [2.75, 3.05) is 6.54 Å². The van der Waals surface area contributed by atoms with Crippen LogP contribution in [0.25, 0.3) is 11.1 Å². The molecule has 27 heavy (non-hydrogen) atoms. The van der Waals surface area contributed by atoms with Crippen molar-refractivity contribution in [3.8, 4) is 11.1 Å². The summed E-state index contributed by atoms with van der Waals surface area (Å²) >= 11 is 1.13. The van der Waals surface area contributed by atoms with E-state index >= 15 is 0 Å². The first-order valence-electron chi connectivity index (χ1n) is 8.47. The molecule has 1 aliphatic carbocycles. The van der Waals surface area contributed by atoms with E-state index in [4.69, 9.17) is 4.74 Å². The maximum atomic E-state index is 12.3. The third-order valence-corrected chi connectivity index (χ3v) is 7.27. The average molecular weight is 399 g/mol. The molecule has 0 radical (unpaired) electrons. The number of thiophene rings is 1. The van der Waals surface area contributed by atoms with Crippen LogP contribution in [0, 0.1) is 0 Å². The first-order chi connectivity index (χ1) is 13.1. The molecule has 0 atom stereocenters. The third-order valence-electron chi connectivity index (χ3n) is 4.41. The van der Waals surface area contributed by atoms with Crippen LogP contribution in [-0.2, 0) is 19.6 Å². The van der Waals surface area contributed by atoms with Crippen molar-refractivity contribution in [1.29, 1.82) is 0 Å². The van der Waals surface area contributed by atoms with E-state index in [1.165, 1.54) is 6.07 Å². The van der Waals surface area contributed by atoms with Crippen molar-refractivity contribution >= 4 is 27.3 Å². The van der Waals surface area contributed by atoms with E-state index in [9.17, 15) is 13.2 Å². The standard InChI is InChI=1S/C20H17NO4S2/c22-18(11-12-21-27(23,24)19-10-5-13-26-19)25-20-16-8-3-1-6-14(16)15-7-2-4-9-17(15)20/h1-10,13,20-21H,11-12H2. The van der Waals surface area contributed by atoms with E-state index in [0.717, 1.165) is 33.6 Å². The molecule has 0 aliphatic heterocycles. The lowest BCUT2D eigenvalue weighted by molar-refractivity contribution is -0.147. The minimum atomic E-state index is -3.58. The molecule has 1 N–H and O–H groups in total. The Labute approximate surface area is 161 Å². The molecule has 0 unspecified atom stereocenters. The van der Waals surface area contributed by atoms with Gasteiger partial charge in [0.2, 0.25) is 10.0 Å². The molecule has 0 saturated heterocycles. The number of ether oxygens (including phenoxy) is 1. The van der Waals surface area contributed by atoms with Crippen LogP contribution in [0.4, 0.5) is 0 Å². The van der Waals surface area contributed by atoms with Crippen molar-refractivity contribution in [1.82, 2.24) is 4.72 Å². The Hall–Kier alpha value is -2.48. The maximum Gasteiger partial charge on any atom is 0.308 e. The molecule has 0 spiro atoms. The van der Waals surface area contributed by atoms with E-state index in [1.54, 1.807) is 11.4 Å². The van der Waals surface area contributed by atoms with Gasteiger partial charge in [-0.15, -0.1) is 11.3 Å². The van der Waals surface area contributed by atoms with Gasteiger partial charge in [-0.2, -0.15) is 0 Å². The maximum absolute atomic E-state index is 12.3. The zero-order valence-electron chi connectivity index (χ0n) is 14.3. The molecular formula is C20H17NO4S2. The normalized spacial score (nSPS) is 13.2. The summed E-state index contributed by atoms with van der Waals surface area (Å²) < 4.78 is 32.6. The number of sulfonamides is 1. The molecule has 5 nitrogen and oxygen atoms in total. The Morgan fingerprint density at radius 1 is 0.963 bits per heavy atom. The van der Waals surface area contributed by atoms with Crippen molar-refractivity contribution in [2.24, 2.45) is 0 Å². The smallest absolute Gasteiger partial charge is 0.308 e. The highest BCUT2D eigenvalue weighted by atomic mass is 32.2. The van der Waals surface area contributed by atoms with Crippen molar-refractivity contribution < 1.29 is 17.9 Å². The SMILES string of the molecule is O=C(CCNS(=O)(=O)c1cccs1)OC1c2ccccc2-c2ccccc21. The van der Waals surface area contributed by atoms with E-state index < -0.39 is 22.1 Å². The van der Waals surface area contributed by atoms with Gasteiger partial charge < -0.3 is 4.74 Å². The van der Waals surface area contributed by atoms with Crippen molar-refractivity contribution in [3.05, 3.63) is 77.2 Å². The Balaban J connectivity index is 1.43. The quantitative estimate of drug-likeness (QED) is 0.641. The Kier molecular flexibility index (Phi) is 4.82. The summed E-state index contributed by atoms with van der Waals surface area (Å²) in [5, 5.41) is 1.69. The number of carbonyl (C=O) groups excluding carboxylic acids is 1. The number of carbonyl (C=O) groups is 1. The van der Waals surface area contributed by atoms with Gasteiger partial charge in [-0.3, -0.25) is 4.79 Å². The van der Waals surface area contributed by atoms with Crippen LogP contribution >= 0.6 is 11.3 Å². The van der Waals surface area contributed by atoms with Crippen molar-refractivity contribution in [3.63, 3.8) is 0 Å². The summed E-state index contributed by atoms with van der Waals surface area (Å²) in [4.78, 5) is 12.3. The largest absolute Gasteiger partial charge is 0.452 e. The van der Waals surface area contributed by atoms with E-state index in [0.29, 0.717) is 0 Å². The molecule has 0 bridgehead atoms. The van der Waals surface area contributed by atoms with Crippen LogP contribution in [0.5, 0.6) is 0 Å². The molecule has 0 saturated carbocycles. The Morgan fingerprint density at radius 3 is 2.19 bits per heavy atom. The van der Waals surface area contributed by atoms with Gasteiger partial charge >= 0.3 is 5.97 Å². The fourth-order valence-corrected chi connectivity index (χ4v) is 5.27. The fraction of sp³-hybridized carbons (Fsp3) is 0.150. The summed E-state index contributed by atoms with van der Waals surface area (Å²) in [5.41, 5.74) is 4.02. The second-order valence-corrected chi connectivity index (χ2v) is 9.07. The summed E-state index contributed by atoms with van der Waals surface area (Å²) in [5.74, 6) is -0.444. The molecule has 138 valence electrons. The molecule has 0 amide bonds. The second-order valence-electron chi connectivity index (χ2n) is 6.12. The van der Waals surface area contributed by atoms with Crippen LogP contribution in [0.3, 0.4) is 0 Å². The van der Waals surface area contributed by atoms with E-state index in [2.05, 4.69) is 4.72 Å². The second kappa shape index (κ2) is 7.26. The Morgan fingerprint density at radius 2 is 1.59 bits per heavy atom. The average Bonchev–Trinajstić information content (AvgIpc) is 3.30. The molecular weight excluding hydrogens is 382 g/mol. The molecule has 1 aromatic heterocycles. The van der Waals surface area contributed by atoms with Crippen LogP contribution in [0.2, 0.25) is 0 Å². The monoisotopic (exact) mass is 399 g/mol. The molecule has 7 heteroatoms. The number of esters is 1. The minimum absolute atomic E-state index is 0.00488. The summed E-state index contributed by atoms with van der Waals surface area (Å²) in [6.07, 6.45) is -0.496. The van der Waals surface area contributed by atoms with Crippen LogP contribution < -0.4 is 4.72 Å². The van der Waals surface area contributed by atoms with E-state index in [1.807, 2.05) is 48.5 Å². The van der Waals surface area contributed by atoms with Crippen LogP contribution in [0.1, 0.15) is 23.7 Å². The zero-order valence-corrected chi connectivity index (χ0v) is 15.9. The number of rotatable bonds is 6. The van der Waals surface area contributed by atoms with Gasteiger partial charge in [0, 0.05) is 17.7 Å². The van der Waals surface area contributed by atoms with Gasteiger partial charge in [0.25, 0.3) is 0 Å². The van der Waals surface area contributed by atoms with Crippen LogP contribution in [-0.4, -0.2) is 20.9 Å². The highest BCUT2D eigenvalue weighted by Crippen LogP contribution is 2.45. The van der Waals surface area contributed by atoms with Crippen LogP contribution in [0.15, 0.2) is 70.3 Å². The van der Waals surface area contributed by atoms with Gasteiger partial charge in [-0.05, 0) is 22.6 Å². The Bertz CT molecular complexity index is 1030. The van der Waals surface area contributed by atoms with Crippen molar-refractivity contribution in [2.45, 2.75) is 16.7 Å². The number of hydrogen-bond donors (Lipinski definition) is 1.